The van der Waals surface area contributed by atoms with E-state index in [4.69, 9.17) is 9.47 Å². The summed E-state index contributed by atoms with van der Waals surface area (Å²) in [7, 11) is 0. The Morgan fingerprint density at radius 1 is 1.38 bits per heavy atom. The summed E-state index contributed by atoms with van der Waals surface area (Å²) in [6.45, 7) is 1.21. The van der Waals surface area contributed by atoms with Crippen molar-refractivity contribution in [1.29, 1.82) is 0 Å². The van der Waals surface area contributed by atoms with E-state index in [9.17, 15) is 4.79 Å². The van der Waals surface area contributed by atoms with Crippen molar-refractivity contribution in [1.82, 2.24) is 9.97 Å². The fraction of sp³-hybridized carbons (Fsp3) is 0.273. The van der Waals surface area contributed by atoms with Crippen molar-refractivity contribution < 1.29 is 9.47 Å². The molecule has 5 heteroatoms. The first-order valence-electron chi connectivity index (χ1n) is 5.06. The molecule has 1 aliphatic heterocycles. The van der Waals surface area contributed by atoms with Crippen LogP contribution < -0.4 is 10.3 Å². The van der Waals surface area contributed by atoms with Gasteiger partial charge in [-0.2, -0.15) is 0 Å². The van der Waals surface area contributed by atoms with Crippen LogP contribution in [0.1, 0.15) is 0 Å². The Hall–Kier alpha value is -1.88. The third-order valence-corrected chi connectivity index (χ3v) is 2.49. The zero-order chi connectivity index (χ0) is 11.0. The van der Waals surface area contributed by atoms with Gasteiger partial charge in [0.05, 0.1) is 24.1 Å². The molecule has 82 valence electrons. The average Bonchev–Trinajstić information content (AvgIpc) is 2.24. The third-order valence-electron chi connectivity index (χ3n) is 2.49. The fourth-order valence-electron chi connectivity index (χ4n) is 1.57. The normalized spacial score (nSPS) is 16.0. The third kappa shape index (κ3) is 1.55. The molecule has 1 N–H and O–H groups in total. The second kappa shape index (κ2) is 3.61. The number of fused-ring (bicyclic) bond motifs is 1. The van der Waals surface area contributed by atoms with Crippen LogP contribution in [0.3, 0.4) is 0 Å². The molecule has 0 unspecified atom stereocenters. The number of nitrogens with zero attached hydrogens (tertiary/aromatic N) is 1. The van der Waals surface area contributed by atoms with Crippen LogP contribution in [0.5, 0.6) is 5.88 Å². The van der Waals surface area contributed by atoms with Gasteiger partial charge in [-0.05, 0) is 12.1 Å². The molecule has 0 aliphatic carbocycles. The van der Waals surface area contributed by atoms with Crippen LogP contribution in [-0.4, -0.2) is 29.3 Å². The van der Waals surface area contributed by atoms with E-state index in [0.29, 0.717) is 30.0 Å². The molecule has 0 radical (unpaired) electrons. The van der Waals surface area contributed by atoms with Crippen LogP contribution in [0.25, 0.3) is 10.9 Å². The number of nitrogens with one attached hydrogen (secondary N) is 1. The highest BCUT2D eigenvalue weighted by Crippen LogP contribution is 2.16. The molecule has 1 aliphatic rings. The van der Waals surface area contributed by atoms with Crippen molar-refractivity contribution in [3.8, 4) is 5.88 Å². The Balaban J connectivity index is 1.99. The molecular formula is C11H10N2O3. The Morgan fingerprint density at radius 2 is 2.25 bits per heavy atom. The number of hydrogen-bond acceptors (Lipinski definition) is 4. The molecular weight excluding hydrogens is 208 g/mol. The van der Waals surface area contributed by atoms with Crippen molar-refractivity contribution in [2.45, 2.75) is 6.10 Å². The largest absolute Gasteiger partial charge is 0.469 e. The zero-order valence-corrected chi connectivity index (χ0v) is 8.47. The van der Waals surface area contributed by atoms with E-state index in [1.165, 1.54) is 0 Å². The summed E-state index contributed by atoms with van der Waals surface area (Å²) in [5.41, 5.74) is 0.505. The van der Waals surface area contributed by atoms with Crippen LogP contribution in [0.15, 0.2) is 29.2 Å². The summed E-state index contributed by atoms with van der Waals surface area (Å²) < 4.78 is 10.6. The number of aromatic nitrogens is 2. The van der Waals surface area contributed by atoms with Crippen molar-refractivity contribution in [2.75, 3.05) is 13.2 Å². The number of ether oxygens (including phenoxy) is 2. The molecule has 2 aromatic rings. The highest BCUT2D eigenvalue weighted by molar-refractivity contribution is 5.77. The van der Waals surface area contributed by atoms with Crippen molar-refractivity contribution in [2.24, 2.45) is 0 Å². The first-order chi connectivity index (χ1) is 7.83. The maximum atomic E-state index is 11.4. The van der Waals surface area contributed by atoms with E-state index >= 15 is 0 Å². The molecule has 0 saturated carbocycles. The van der Waals surface area contributed by atoms with Crippen molar-refractivity contribution in [3.63, 3.8) is 0 Å². The Morgan fingerprint density at radius 3 is 3.00 bits per heavy atom. The second-order valence-electron chi connectivity index (χ2n) is 3.67. The molecule has 0 atom stereocenters. The maximum Gasteiger partial charge on any atom is 0.257 e. The van der Waals surface area contributed by atoms with E-state index < -0.39 is 0 Å². The number of pyridine rings is 2. The van der Waals surface area contributed by atoms with Gasteiger partial charge >= 0.3 is 0 Å². The molecule has 3 heterocycles. The van der Waals surface area contributed by atoms with E-state index in [2.05, 4.69) is 9.97 Å². The summed E-state index contributed by atoms with van der Waals surface area (Å²) in [4.78, 5) is 18.3. The molecule has 16 heavy (non-hydrogen) atoms. The minimum absolute atomic E-state index is 0.0898. The summed E-state index contributed by atoms with van der Waals surface area (Å²) in [5.74, 6) is 0.534. The quantitative estimate of drug-likeness (QED) is 0.805. The minimum atomic E-state index is -0.136. The lowest BCUT2D eigenvalue weighted by atomic mass is 10.2. The Labute approximate surface area is 91.0 Å². The monoisotopic (exact) mass is 218 g/mol. The highest BCUT2D eigenvalue weighted by atomic mass is 16.6. The van der Waals surface area contributed by atoms with Crippen LogP contribution in [0.2, 0.25) is 0 Å². The molecule has 0 amide bonds. The molecule has 2 aromatic heterocycles. The van der Waals surface area contributed by atoms with Crippen LogP contribution in [0, 0.1) is 0 Å². The summed E-state index contributed by atoms with van der Waals surface area (Å²) in [6.07, 6.45) is 1.67. The summed E-state index contributed by atoms with van der Waals surface area (Å²) in [5, 5.41) is 0.569. The van der Waals surface area contributed by atoms with Gasteiger partial charge in [-0.3, -0.25) is 4.79 Å². The smallest absolute Gasteiger partial charge is 0.257 e. The lowest BCUT2D eigenvalue weighted by molar-refractivity contribution is -0.0812. The van der Waals surface area contributed by atoms with Gasteiger partial charge in [-0.15, -0.1) is 0 Å². The van der Waals surface area contributed by atoms with Gasteiger partial charge in [0, 0.05) is 12.3 Å². The Bertz CT molecular complexity index is 575. The standard InChI is InChI=1S/C11H10N2O3/c14-11-8-1-2-10(16-7-5-15-6-7)13-9(8)3-4-12-11/h1-4,7H,5-6H2,(H,12,14). The highest BCUT2D eigenvalue weighted by Gasteiger charge is 2.20. The molecule has 5 nitrogen and oxygen atoms in total. The predicted octanol–water partition coefficient (Wildman–Crippen LogP) is 0.701. The van der Waals surface area contributed by atoms with Gasteiger partial charge in [0.2, 0.25) is 5.88 Å². The first kappa shape index (κ1) is 9.35. The second-order valence-corrected chi connectivity index (χ2v) is 3.67. The Kier molecular flexibility index (Phi) is 2.11. The molecule has 0 bridgehead atoms. The molecule has 0 spiro atoms. The van der Waals surface area contributed by atoms with Gasteiger partial charge < -0.3 is 14.5 Å². The maximum absolute atomic E-state index is 11.4. The van der Waals surface area contributed by atoms with Gasteiger partial charge in [0.1, 0.15) is 6.10 Å². The van der Waals surface area contributed by atoms with Crippen molar-refractivity contribution >= 4 is 10.9 Å². The lowest BCUT2D eigenvalue weighted by Crippen LogP contribution is -2.38. The summed E-state index contributed by atoms with van der Waals surface area (Å²) in [6, 6.07) is 5.17. The lowest BCUT2D eigenvalue weighted by Gasteiger charge is -2.26. The molecule has 1 saturated heterocycles. The predicted molar refractivity (Wildman–Crippen MR) is 57.6 cm³/mol. The molecule has 0 aromatic carbocycles. The van der Waals surface area contributed by atoms with Crippen molar-refractivity contribution in [3.05, 3.63) is 34.7 Å². The number of hydrogen-bond donors (Lipinski definition) is 1. The fourth-order valence-corrected chi connectivity index (χ4v) is 1.57. The topological polar surface area (TPSA) is 64.2 Å². The SMILES string of the molecule is O=c1[nH]ccc2nc(OC3COC3)ccc12. The summed E-state index contributed by atoms with van der Waals surface area (Å²) >= 11 is 0. The molecule has 3 rings (SSSR count). The van der Waals surface area contributed by atoms with Gasteiger partial charge in [-0.25, -0.2) is 4.98 Å². The van der Waals surface area contributed by atoms with Gasteiger partial charge in [0.25, 0.3) is 5.56 Å². The van der Waals surface area contributed by atoms with Gasteiger partial charge in [0.15, 0.2) is 0 Å². The van der Waals surface area contributed by atoms with E-state index in [1.54, 1.807) is 24.4 Å². The minimum Gasteiger partial charge on any atom is -0.469 e. The van der Waals surface area contributed by atoms with Gasteiger partial charge in [-0.1, -0.05) is 0 Å². The first-order valence-corrected chi connectivity index (χ1v) is 5.06. The zero-order valence-electron chi connectivity index (χ0n) is 8.47. The van der Waals surface area contributed by atoms with Crippen LogP contribution in [-0.2, 0) is 4.74 Å². The number of aromatic amines is 1. The van der Waals surface area contributed by atoms with E-state index in [0.717, 1.165) is 0 Å². The van der Waals surface area contributed by atoms with E-state index in [1.807, 2.05) is 0 Å². The number of rotatable bonds is 2. The van der Waals surface area contributed by atoms with Crippen LogP contribution >= 0.6 is 0 Å². The molecule has 1 fully saturated rings. The van der Waals surface area contributed by atoms with E-state index in [-0.39, 0.29) is 11.7 Å². The average molecular weight is 218 g/mol. The number of H-pyrrole nitrogens is 1. The van der Waals surface area contributed by atoms with Crippen LogP contribution in [0.4, 0.5) is 0 Å².